The lowest BCUT2D eigenvalue weighted by Crippen LogP contribution is -2.47. The van der Waals surface area contributed by atoms with Gasteiger partial charge in [0.05, 0.1) is 6.26 Å². The lowest BCUT2D eigenvalue weighted by Gasteiger charge is -2.19. The molecule has 0 unspecified atom stereocenters. The van der Waals surface area contributed by atoms with Crippen molar-refractivity contribution >= 4 is 17.8 Å². The summed E-state index contributed by atoms with van der Waals surface area (Å²) in [6, 6.07) is 10.8. The highest BCUT2D eigenvalue weighted by molar-refractivity contribution is 6.09. The zero-order chi connectivity index (χ0) is 15.7. The van der Waals surface area contributed by atoms with Crippen molar-refractivity contribution in [3.8, 4) is 0 Å². The second-order valence-corrected chi connectivity index (χ2v) is 4.98. The van der Waals surface area contributed by atoms with E-state index >= 15 is 0 Å². The molecule has 7 nitrogen and oxygen atoms in total. The molecule has 1 aliphatic rings. The smallest absolute Gasteiger partial charge is 0.344 e. The predicted molar refractivity (Wildman–Crippen MR) is 75.3 cm³/mol. The standard InChI is InChI=1S/C15H13N3O4/c1-15(11-8-5-9-22-11)13(20)18(14(21)16-15)17-12(19)10-6-3-2-4-7-10/h2-9H,1H3,(H,16,21)(H,17,19)/t15-/m1/s1. The molecule has 3 rings (SSSR count). The summed E-state index contributed by atoms with van der Waals surface area (Å²) in [6.45, 7) is 1.51. The Balaban J connectivity index is 1.82. The molecule has 2 heterocycles. The van der Waals surface area contributed by atoms with Crippen molar-refractivity contribution in [2.24, 2.45) is 0 Å². The zero-order valence-corrected chi connectivity index (χ0v) is 11.7. The minimum absolute atomic E-state index is 0.294. The Labute approximate surface area is 125 Å². The molecule has 1 saturated heterocycles. The topological polar surface area (TPSA) is 91.7 Å². The maximum atomic E-state index is 12.5. The molecule has 1 atom stereocenters. The fraction of sp³-hybridized carbons (Fsp3) is 0.133. The van der Waals surface area contributed by atoms with Crippen LogP contribution >= 0.6 is 0 Å². The molecule has 1 fully saturated rings. The molecule has 0 bridgehead atoms. The van der Waals surface area contributed by atoms with Gasteiger partial charge in [0.25, 0.3) is 11.8 Å². The summed E-state index contributed by atoms with van der Waals surface area (Å²) in [5, 5.41) is 3.18. The molecule has 1 aromatic carbocycles. The highest BCUT2D eigenvalue weighted by Crippen LogP contribution is 2.28. The Bertz CT molecular complexity index is 727. The first-order valence-electron chi connectivity index (χ1n) is 6.59. The molecule has 0 radical (unpaired) electrons. The van der Waals surface area contributed by atoms with Gasteiger partial charge in [0, 0.05) is 5.56 Å². The lowest BCUT2D eigenvalue weighted by atomic mass is 10.00. The Hall–Kier alpha value is -3.09. The Kier molecular flexibility index (Phi) is 3.17. The quantitative estimate of drug-likeness (QED) is 0.838. The highest BCUT2D eigenvalue weighted by Gasteiger charge is 2.52. The number of hydrazine groups is 1. The first-order valence-corrected chi connectivity index (χ1v) is 6.59. The third-order valence-corrected chi connectivity index (χ3v) is 3.45. The number of nitrogens with one attached hydrogen (secondary N) is 2. The number of hydrogen-bond donors (Lipinski definition) is 2. The molecule has 0 aliphatic carbocycles. The number of benzene rings is 1. The van der Waals surface area contributed by atoms with Crippen LogP contribution in [0.15, 0.2) is 53.1 Å². The molecule has 4 amide bonds. The summed E-state index contributed by atoms with van der Waals surface area (Å²) < 4.78 is 5.20. The van der Waals surface area contributed by atoms with Crippen LogP contribution in [0.2, 0.25) is 0 Å². The average molecular weight is 299 g/mol. The van der Waals surface area contributed by atoms with Crippen LogP contribution in [0.4, 0.5) is 4.79 Å². The molecule has 0 spiro atoms. The molecule has 1 aromatic heterocycles. The van der Waals surface area contributed by atoms with Gasteiger partial charge in [-0.05, 0) is 31.2 Å². The third kappa shape index (κ3) is 2.12. The van der Waals surface area contributed by atoms with Crippen molar-refractivity contribution in [2.75, 3.05) is 0 Å². The van der Waals surface area contributed by atoms with Crippen LogP contribution in [0.5, 0.6) is 0 Å². The van der Waals surface area contributed by atoms with Crippen molar-refractivity contribution in [1.29, 1.82) is 0 Å². The van der Waals surface area contributed by atoms with E-state index in [-0.39, 0.29) is 0 Å². The summed E-state index contributed by atoms with van der Waals surface area (Å²) in [6.07, 6.45) is 1.41. The fourth-order valence-electron chi connectivity index (χ4n) is 2.23. The highest BCUT2D eigenvalue weighted by atomic mass is 16.3. The predicted octanol–water partition coefficient (Wildman–Crippen LogP) is 1.39. The number of nitrogens with zero attached hydrogens (tertiary/aromatic N) is 1. The van der Waals surface area contributed by atoms with E-state index in [1.165, 1.54) is 13.2 Å². The molecule has 112 valence electrons. The van der Waals surface area contributed by atoms with Crippen molar-refractivity contribution in [1.82, 2.24) is 15.8 Å². The molecule has 0 saturated carbocycles. The van der Waals surface area contributed by atoms with Gasteiger partial charge in [-0.2, -0.15) is 5.01 Å². The van der Waals surface area contributed by atoms with Gasteiger partial charge in [0.15, 0.2) is 5.54 Å². The fourth-order valence-corrected chi connectivity index (χ4v) is 2.23. The minimum Gasteiger partial charge on any atom is -0.466 e. The third-order valence-electron chi connectivity index (χ3n) is 3.45. The lowest BCUT2D eigenvalue weighted by molar-refractivity contribution is -0.133. The van der Waals surface area contributed by atoms with E-state index in [4.69, 9.17) is 4.42 Å². The number of hydrogen-bond acceptors (Lipinski definition) is 4. The van der Waals surface area contributed by atoms with Crippen LogP contribution in [0.25, 0.3) is 0 Å². The van der Waals surface area contributed by atoms with E-state index in [0.717, 1.165) is 0 Å². The first-order chi connectivity index (χ1) is 10.5. The van der Waals surface area contributed by atoms with Crippen LogP contribution in [0, 0.1) is 0 Å². The number of imide groups is 1. The number of urea groups is 1. The van der Waals surface area contributed by atoms with Crippen molar-refractivity contribution < 1.29 is 18.8 Å². The summed E-state index contributed by atoms with van der Waals surface area (Å²) in [4.78, 5) is 36.6. The average Bonchev–Trinajstić information content (AvgIpc) is 3.13. The van der Waals surface area contributed by atoms with E-state index in [9.17, 15) is 14.4 Å². The SMILES string of the molecule is C[C@]1(c2ccco2)NC(=O)N(NC(=O)c2ccccc2)C1=O. The largest absolute Gasteiger partial charge is 0.466 e. The molecule has 2 aromatic rings. The minimum atomic E-state index is -1.34. The van der Waals surface area contributed by atoms with Gasteiger partial charge < -0.3 is 9.73 Å². The number of carbonyl (C=O) groups is 3. The number of carbonyl (C=O) groups excluding carboxylic acids is 3. The number of furan rings is 1. The van der Waals surface area contributed by atoms with Gasteiger partial charge in [-0.1, -0.05) is 18.2 Å². The molecular weight excluding hydrogens is 286 g/mol. The Morgan fingerprint density at radius 2 is 1.91 bits per heavy atom. The van der Waals surface area contributed by atoms with Crippen LogP contribution in [-0.4, -0.2) is 22.9 Å². The van der Waals surface area contributed by atoms with E-state index in [2.05, 4.69) is 10.7 Å². The summed E-state index contributed by atoms with van der Waals surface area (Å²) in [5.41, 5.74) is 1.30. The Morgan fingerprint density at radius 3 is 2.55 bits per heavy atom. The molecule has 1 aliphatic heterocycles. The Morgan fingerprint density at radius 1 is 1.18 bits per heavy atom. The van der Waals surface area contributed by atoms with Crippen LogP contribution < -0.4 is 10.7 Å². The zero-order valence-electron chi connectivity index (χ0n) is 11.7. The summed E-state index contributed by atoms with van der Waals surface area (Å²) in [5.74, 6) is -0.869. The maximum absolute atomic E-state index is 12.5. The monoisotopic (exact) mass is 299 g/mol. The van der Waals surface area contributed by atoms with Gasteiger partial charge in [-0.3, -0.25) is 15.0 Å². The van der Waals surface area contributed by atoms with Gasteiger partial charge in [-0.25, -0.2) is 4.79 Å². The second kappa shape index (κ2) is 5.03. The van der Waals surface area contributed by atoms with Crippen molar-refractivity contribution in [2.45, 2.75) is 12.5 Å². The van der Waals surface area contributed by atoms with E-state index < -0.39 is 23.4 Å². The van der Waals surface area contributed by atoms with Gasteiger partial charge in [0.1, 0.15) is 5.76 Å². The molecule has 7 heteroatoms. The van der Waals surface area contributed by atoms with E-state index in [1.807, 2.05) is 0 Å². The summed E-state index contributed by atoms with van der Waals surface area (Å²) in [7, 11) is 0. The number of amides is 4. The van der Waals surface area contributed by atoms with Crippen LogP contribution in [0.3, 0.4) is 0 Å². The molecular formula is C15H13N3O4. The summed E-state index contributed by atoms with van der Waals surface area (Å²) >= 11 is 0. The van der Waals surface area contributed by atoms with E-state index in [1.54, 1.807) is 42.5 Å². The van der Waals surface area contributed by atoms with Gasteiger partial charge in [0.2, 0.25) is 0 Å². The second-order valence-electron chi connectivity index (χ2n) is 4.98. The number of rotatable bonds is 3. The van der Waals surface area contributed by atoms with Crippen molar-refractivity contribution in [3.05, 3.63) is 60.1 Å². The van der Waals surface area contributed by atoms with Gasteiger partial charge >= 0.3 is 6.03 Å². The van der Waals surface area contributed by atoms with Crippen LogP contribution in [0.1, 0.15) is 23.0 Å². The van der Waals surface area contributed by atoms with Crippen LogP contribution in [-0.2, 0) is 10.3 Å². The molecule has 22 heavy (non-hydrogen) atoms. The first kappa shape index (κ1) is 13.9. The molecule has 2 N–H and O–H groups in total. The van der Waals surface area contributed by atoms with Gasteiger partial charge in [-0.15, -0.1) is 0 Å². The van der Waals surface area contributed by atoms with Crippen molar-refractivity contribution in [3.63, 3.8) is 0 Å². The normalized spacial score (nSPS) is 20.9. The maximum Gasteiger partial charge on any atom is 0.344 e. The van der Waals surface area contributed by atoms with E-state index in [0.29, 0.717) is 16.3 Å².